The molecular weight excluding hydrogens is 100 g/mol. The standard InChI is InChI=1S/C4H8.C3H8O/c1-2-4-3-1;1-3-4-2/h1-4H2;3H2,1-2H3. The van der Waals surface area contributed by atoms with Crippen molar-refractivity contribution in [2.75, 3.05) is 13.7 Å². The van der Waals surface area contributed by atoms with E-state index in [0.717, 1.165) is 6.61 Å². The van der Waals surface area contributed by atoms with Gasteiger partial charge in [-0.3, -0.25) is 0 Å². The maximum Gasteiger partial charge on any atom is 0.0433 e. The lowest BCUT2D eigenvalue weighted by Crippen LogP contribution is -1.85. The first-order valence-corrected chi connectivity index (χ1v) is 3.40. The monoisotopic (exact) mass is 116 g/mol. The Morgan fingerprint density at radius 1 is 1.12 bits per heavy atom. The molecule has 1 saturated carbocycles. The fourth-order valence-corrected chi connectivity index (χ4v) is 0.250. The van der Waals surface area contributed by atoms with Crippen LogP contribution < -0.4 is 0 Å². The van der Waals surface area contributed by atoms with Crippen LogP contribution in [0.25, 0.3) is 0 Å². The Morgan fingerprint density at radius 3 is 1.38 bits per heavy atom. The highest BCUT2D eigenvalue weighted by molar-refractivity contribution is 4.50. The lowest BCUT2D eigenvalue weighted by atomic mass is 10.0. The van der Waals surface area contributed by atoms with Gasteiger partial charge in [-0.05, 0) is 6.92 Å². The lowest BCUT2D eigenvalue weighted by Gasteiger charge is -2.05. The van der Waals surface area contributed by atoms with Gasteiger partial charge in [0.05, 0.1) is 0 Å². The molecule has 1 rings (SSSR count). The molecule has 1 nitrogen and oxygen atoms in total. The topological polar surface area (TPSA) is 9.23 Å². The van der Waals surface area contributed by atoms with Crippen LogP contribution in [0, 0.1) is 0 Å². The van der Waals surface area contributed by atoms with Crippen LogP contribution in [-0.2, 0) is 4.74 Å². The van der Waals surface area contributed by atoms with Crippen LogP contribution in [0.15, 0.2) is 0 Å². The highest BCUT2D eigenvalue weighted by Crippen LogP contribution is 2.15. The predicted octanol–water partition coefficient (Wildman–Crippen LogP) is 2.21. The first kappa shape index (κ1) is 7.96. The minimum Gasteiger partial charge on any atom is -0.385 e. The van der Waals surface area contributed by atoms with Crippen molar-refractivity contribution in [3.63, 3.8) is 0 Å². The van der Waals surface area contributed by atoms with E-state index in [2.05, 4.69) is 4.74 Å². The molecule has 0 amide bonds. The Kier molecular flexibility index (Phi) is 6.93. The molecule has 0 aliphatic heterocycles. The van der Waals surface area contributed by atoms with Gasteiger partial charge in [0.25, 0.3) is 0 Å². The number of rotatable bonds is 1. The molecule has 0 unspecified atom stereocenters. The van der Waals surface area contributed by atoms with Crippen molar-refractivity contribution < 1.29 is 4.74 Å². The second kappa shape index (κ2) is 6.96. The molecule has 0 radical (unpaired) electrons. The molecule has 0 spiro atoms. The fraction of sp³-hybridized carbons (Fsp3) is 1.00. The van der Waals surface area contributed by atoms with E-state index < -0.39 is 0 Å². The molecule has 0 aromatic carbocycles. The van der Waals surface area contributed by atoms with E-state index in [4.69, 9.17) is 0 Å². The number of hydrogen-bond acceptors (Lipinski definition) is 1. The van der Waals surface area contributed by atoms with E-state index in [1.54, 1.807) is 7.11 Å². The van der Waals surface area contributed by atoms with Crippen LogP contribution in [0.4, 0.5) is 0 Å². The third-order valence-electron chi connectivity index (χ3n) is 1.29. The van der Waals surface area contributed by atoms with E-state index in [1.165, 1.54) is 25.7 Å². The Balaban J connectivity index is 0.000000122. The Labute approximate surface area is 52.0 Å². The van der Waals surface area contributed by atoms with Crippen LogP contribution in [0.3, 0.4) is 0 Å². The zero-order valence-corrected chi connectivity index (χ0v) is 5.94. The van der Waals surface area contributed by atoms with Gasteiger partial charge >= 0.3 is 0 Å². The van der Waals surface area contributed by atoms with Crippen molar-refractivity contribution >= 4 is 0 Å². The van der Waals surface area contributed by atoms with E-state index in [9.17, 15) is 0 Å². The predicted molar refractivity (Wildman–Crippen MR) is 36.0 cm³/mol. The molecule has 0 bridgehead atoms. The summed E-state index contributed by atoms with van der Waals surface area (Å²) < 4.78 is 4.54. The summed E-state index contributed by atoms with van der Waals surface area (Å²) in [5, 5.41) is 0. The van der Waals surface area contributed by atoms with E-state index in [-0.39, 0.29) is 0 Å². The molecule has 1 fully saturated rings. The van der Waals surface area contributed by atoms with Gasteiger partial charge in [-0.15, -0.1) is 0 Å². The summed E-state index contributed by atoms with van der Waals surface area (Å²) in [6.07, 6.45) is 6.00. The maximum absolute atomic E-state index is 4.54. The second-order valence-electron chi connectivity index (χ2n) is 1.99. The average molecular weight is 116 g/mol. The van der Waals surface area contributed by atoms with Crippen molar-refractivity contribution in [3.05, 3.63) is 0 Å². The Hall–Kier alpha value is -0.0400. The summed E-state index contributed by atoms with van der Waals surface area (Å²) in [6, 6.07) is 0. The van der Waals surface area contributed by atoms with Crippen molar-refractivity contribution in [3.8, 4) is 0 Å². The molecule has 0 atom stereocenters. The maximum atomic E-state index is 4.54. The molecule has 0 aromatic heterocycles. The van der Waals surface area contributed by atoms with Gasteiger partial charge in [0.2, 0.25) is 0 Å². The smallest absolute Gasteiger partial charge is 0.0433 e. The first-order chi connectivity index (χ1) is 3.91. The van der Waals surface area contributed by atoms with Gasteiger partial charge in [-0.1, -0.05) is 25.7 Å². The quantitative estimate of drug-likeness (QED) is 0.510. The van der Waals surface area contributed by atoms with Gasteiger partial charge in [0.15, 0.2) is 0 Å². The summed E-state index contributed by atoms with van der Waals surface area (Å²) in [5.41, 5.74) is 0. The van der Waals surface area contributed by atoms with Crippen molar-refractivity contribution in [2.45, 2.75) is 32.6 Å². The summed E-state index contributed by atoms with van der Waals surface area (Å²) in [6.45, 7) is 2.78. The number of methoxy groups -OCH3 is 1. The first-order valence-electron chi connectivity index (χ1n) is 3.40. The average Bonchev–Trinajstić information content (AvgIpc) is 1.61. The molecule has 0 aromatic rings. The van der Waals surface area contributed by atoms with Gasteiger partial charge in [-0.25, -0.2) is 0 Å². The van der Waals surface area contributed by atoms with Crippen LogP contribution >= 0.6 is 0 Å². The molecule has 0 heterocycles. The lowest BCUT2D eigenvalue weighted by molar-refractivity contribution is 0.215. The SMILES string of the molecule is C1CCC1.CCOC. The summed E-state index contributed by atoms with van der Waals surface area (Å²) in [7, 11) is 1.68. The van der Waals surface area contributed by atoms with Crippen molar-refractivity contribution in [1.82, 2.24) is 0 Å². The van der Waals surface area contributed by atoms with Crippen LogP contribution in [0.1, 0.15) is 32.6 Å². The number of hydrogen-bond donors (Lipinski definition) is 0. The van der Waals surface area contributed by atoms with Gasteiger partial charge < -0.3 is 4.74 Å². The fourth-order valence-electron chi connectivity index (χ4n) is 0.250. The molecule has 1 heteroatoms. The van der Waals surface area contributed by atoms with Gasteiger partial charge in [0.1, 0.15) is 0 Å². The van der Waals surface area contributed by atoms with Crippen molar-refractivity contribution in [2.24, 2.45) is 0 Å². The summed E-state index contributed by atoms with van der Waals surface area (Å²) >= 11 is 0. The zero-order chi connectivity index (χ0) is 6.24. The van der Waals surface area contributed by atoms with Crippen LogP contribution in [0.5, 0.6) is 0 Å². The van der Waals surface area contributed by atoms with E-state index in [1.807, 2.05) is 6.92 Å². The highest BCUT2D eigenvalue weighted by atomic mass is 16.5. The minimum absolute atomic E-state index is 0.819. The molecule has 50 valence electrons. The molecular formula is C7H16O. The third kappa shape index (κ3) is 5.96. The normalized spacial score (nSPS) is 15.8. The van der Waals surface area contributed by atoms with Gasteiger partial charge in [-0.2, -0.15) is 0 Å². The molecule has 1 aliphatic rings. The van der Waals surface area contributed by atoms with Crippen LogP contribution in [-0.4, -0.2) is 13.7 Å². The molecule has 8 heavy (non-hydrogen) atoms. The van der Waals surface area contributed by atoms with Gasteiger partial charge in [0, 0.05) is 13.7 Å². The third-order valence-corrected chi connectivity index (χ3v) is 1.29. The molecule has 1 aliphatic carbocycles. The summed E-state index contributed by atoms with van der Waals surface area (Å²) in [4.78, 5) is 0. The second-order valence-corrected chi connectivity index (χ2v) is 1.99. The van der Waals surface area contributed by atoms with E-state index in [0.29, 0.717) is 0 Å². The zero-order valence-electron chi connectivity index (χ0n) is 5.94. The van der Waals surface area contributed by atoms with Crippen molar-refractivity contribution in [1.29, 1.82) is 0 Å². The van der Waals surface area contributed by atoms with Crippen LogP contribution in [0.2, 0.25) is 0 Å². The minimum atomic E-state index is 0.819. The highest BCUT2D eigenvalue weighted by Gasteiger charge is 1.95. The summed E-state index contributed by atoms with van der Waals surface area (Å²) in [5.74, 6) is 0. The largest absolute Gasteiger partial charge is 0.385 e. The Morgan fingerprint density at radius 2 is 1.38 bits per heavy atom. The Bertz CT molecular complexity index is 25.4. The molecule has 0 saturated heterocycles. The number of ether oxygens (including phenoxy) is 1. The molecule has 0 N–H and O–H groups in total. The van der Waals surface area contributed by atoms with E-state index >= 15 is 0 Å².